The largest absolute Gasteiger partial charge is 0.497 e. The molecule has 0 saturated carbocycles. The second-order valence-electron chi connectivity index (χ2n) is 10.1. The molecule has 0 aromatic heterocycles. The molecule has 0 radical (unpaired) electrons. The highest BCUT2D eigenvalue weighted by Gasteiger charge is 2.55. The number of hydrogen-bond donors (Lipinski definition) is 1. The maximum atomic E-state index is 10.8. The van der Waals surface area contributed by atoms with Gasteiger partial charge in [-0.3, -0.25) is 0 Å². The average molecular weight is 537 g/mol. The lowest BCUT2D eigenvalue weighted by atomic mass is 9.80. The van der Waals surface area contributed by atoms with E-state index < -0.39 is 42.1 Å². The summed E-state index contributed by atoms with van der Waals surface area (Å²) < 4.78 is 41.8. The van der Waals surface area contributed by atoms with E-state index in [4.69, 9.17) is 33.2 Å². The zero-order valence-electron chi connectivity index (χ0n) is 22.9. The average Bonchev–Trinajstić information content (AvgIpc) is 3.31. The van der Waals surface area contributed by atoms with E-state index in [1.165, 1.54) is 7.11 Å². The van der Waals surface area contributed by atoms with E-state index in [9.17, 15) is 5.11 Å². The lowest BCUT2D eigenvalue weighted by Gasteiger charge is -2.42. The molecular formula is C31H36O8. The molecule has 8 heteroatoms. The van der Waals surface area contributed by atoms with E-state index in [0.29, 0.717) is 0 Å². The molecule has 2 heterocycles. The summed E-state index contributed by atoms with van der Waals surface area (Å²) in [4.78, 5) is 0. The molecule has 0 aliphatic carbocycles. The first-order valence-corrected chi connectivity index (χ1v) is 13.0. The molecule has 2 aliphatic rings. The molecule has 0 spiro atoms. The second kappa shape index (κ2) is 11.3. The fourth-order valence-electron chi connectivity index (χ4n) is 5.46. The quantitative estimate of drug-likeness (QED) is 0.406. The normalized spacial score (nSPS) is 26.2. The van der Waals surface area contributed by atoms with Crippen LogP contribution < -0.4 is 9.47 Å². The molecule has 1 N–H and O–H groups in total. The van der Waals surface area contributed by atoms with Gasteiger partial charge in [0.25, 0.3) is 0 Å². The predicted octanol–water partition coefficient (Wildman–Crippen LogP) is 4.26. The van der Waals surface area contributed by atoms with E-state index >= 15 is 0 Å². The Labute approximate surface area is 229 Å². The SMILES string of the molecule is COc1ccc(C(OC[C@H]2O[C@H](OC)[C@H](O)[C@H]3OC(C)(C)O[C@H]32)(c2ccccc2)c2ccc(OC)cc2)cc1. The number of aliphatic hydroxyl groups is 1. The smallest absolute Gasteiger partial charge is 0.186 e. The summed E-state index contributed by atoms with van der Waals surface area (Å²) in [6.07, 6.45) is -3.64. The van der Waals surface area contributed by atoms with Crippen molar-refractivity contribution in [1.82, 2.24) is 0 Å². The Balaban J connectivity index is 1.59. The van der Waals surface area contributed by atoms with Crippen molar-refractivity contribution in [1.29, 1.82) is 0 Å². The minimum absolute atomic E-state index is 0.125. The van der Waals surface area contributed by atoms with Crippen LogP contribution in [0.1, 0.15) is 30.5 Å². The van der Waals surface area contributed by atoms with Gasteiger partial charge in [-0.15, -0.1) is 0 Å². The van der Waals surface area contributed by atoms with Crippen LogP contribution in [0.5, 0.6) is 11.5 Å². The highest BCUT2D eigenvalue weighted by atomic mass is 16.8. The van der Waals surface area contributed by atoms with Crippen molar-refractivity contribution in [2.24, 2.45) is 0 Å². The molecular weight excluding hydrogens is 500 g/mol. The molecule has 3 aromatic rings. The standard InChI is InChI=1S/C31H36O8/c1-30(2)38-27-25(37-29(35-5)26(32)28(27)39-30)19-36-31(20-9-7-6-8-10-20,21-11-15-23(33-3)16-12-21)22-13-17-24(34-4)18-14-22/h6-18,25-29,32H,19H2,1-5H3/t25-,26-,27+,28-,29+/m1/s1. The van der Waals surface area contributed by atoms with Crippen LogP contribution >= 0.6 is 0 Å². The summed E-state index contributed by atoms with van der Waals surface area (Å²) in [5.74, 6) is 0.595. The molecule has 0 unspecified atom stereocenters. The molecule has 3 aromatic carbocycles. The second-order valence-corrected chi connectivity index (χ2v) is 10.1. The topological polar surface area (TPSA) is 84.8 Å². The van der Waals surface area contributed by atoms with E-state index in [0.717, 1.165) is 28.2 Å². The minimum atomic E-state index is -1.02. The Kier molecular flexibility index (Phi) is 7.96. The molecule has 2 saturated heterocycles. The van der Waals surface area contributed by atoms with Crippen LogP contribution in [0.15, 0.2) is 78.9 Å². The Hall–Kier alpha value is -2.98. The molecule has 5 atom stereocenters. The first-order valence-electron chi connectivity index (χ1n) is 13.0. The Morgan fingerprint density at radius 1 is 0.744 bits per heavy atom. The van der Waals surface area contributed by atoms with Crippen LogP contribution in [0.3, 0.4) is 0 Å². The molecule has 5 rings (SSSR count). The van der Waals surface area contributed by atoms with Gasteiger partial charge in [0.1, 0.15) is 41.5 Å². The van der Waals surface area contributed by atoms with Gasteiger partial charge in [0.05, 0.1) is 20.8 Å². The van der Waals surface area contributed by atoms with Crippen LogP contribution in [0.2, 0.25) is 0 Å². The lowest BCUT2D eigenvalue weighted by molar-refractivity contribution is -0.279. The molecule has 2 aliphatic heterocycles. The predicted molar refractivity (Wildman–Crippen MR) is 144 cm³/mol. The van der Waals surface area contributed by atoms with Crippen molar-refractivity contribution < 1.29 is 38.3 Å². The van der Waals surface area contributed by atoms with Crippen molar-refractivity contribution in [3.63, 3.8) is 0 Å². The number of ether oxygens (including phenoxy) is 7. The van der Waals surface area contributed by atoms with Gasteiger partial charge < -0.3 is 38.3 Å². The summed E-state index contributed by atoms with van der Waals surface area (Å²) in [6, 6.07) is 25.7. The van der Waals surface area contributed by atoms with Crippen molar-refractivity contribution in [2.45, 2.75) is 55.9 Å². The summed E-state index contributed by atoms with van der Waals surface area (Å²) in [5, 5.41) is 10.8. The van der Waals surface area contributed by atoms with Gasteiger partial charge in [0.15, 0.2) is 12.1 Å². The number of hydrogen-bond acceptors (Lipinski definition) is 8. The van der Waals surface area contributed by atoms with Gasteiger partial charge in [0, 0.05) is 7.11 Å². The Morgan fingerprint density at radius 3 is 1.77 bits per heavy atom. The maximum Gasteiger partial charge on any atom is 0.186 e. The number of fused-ring (bicyclic) bond motifs is 1. The maximum absolute atomic E-state index is 10.8. The lowest BCUT2D eigenvalue weighted by Crippen LogP contribution is -2.58. The van der Waals surface area contributed by atoms with E-state index in [2.05, 4.69) is 0 Å². The zero-order chi connectivity index (χ0) is 27.6. The highest BCUT2D eigenvalue weighted by Crippen LogP contribution is 2.43. The highest BCUT2D eigenvalue weighted by molar-refractivity contribution is 5.49. The first kappa shape index (κ1) is 27.6. The van der Waals surface area contributed by atoms with Crippen LogP contribution in [0.25, 0.3) is 0 Å². The van der Waals surface area contributed by atoms with Crippen molar-refractivity contribution in [2.75, 3.05) is 27.9 Å². The molecule has 39 heavy (non-hydrogen) atoms. The van der Waals surface area contributed by atoms with Crippen molar-refractivity contribution in [3.05, 3.63) is 95.6 Å². The fourth-order valence-corrected chi connectivity index (χ4v) is 5.46. The van der Waals surface area contributed by atoms with E-state index in [1.807, 2.05) is 92.7 Å². The van der Waals surface area contributed by atoms with E-state index in [1.54, 1.807) is 14.2 Å². The summed E-state index contributed by atoms with van der Waals surface area (Å²) in [7, 11) is 4.78. The third kappa shape index (κ3) is 5.28. The van der Waals surface area contributed by atoms with Gasteiger partial charge >= 0.3 is 0 Å². The molecule has 0 bridgehead atoms. The number of aliphatic hydroxyl groups excluding tert-OH is 1. The molecule has 208 valence electrons. The number of benzene rings is 3. The minimum Gasteiger partial charge on any atom is -0.497 e. The summed E-state index contributed by atoms with van der Waals surface area (Å²) >= 11 is 0. The van der Waals surface area contributed by atoms with Gasteiger partial charge in [-0.05, 0) is 54.8 Å². The van der Waals surface area contributed by atoms with Gasteiger partial charge in [-0.1, -0.05) is 54.6 Å². The van der Waals surface area contributed by atoms with Crippen molar-refractivity contribution in [3.8, 4) is 11.5 Å². The number of methoxy groups -OCH3 is 3. The monoisotopic (exact) mass is 536 g/mol. The third-order valence-corrected chi connectivity index (χ3v) is 7.32. The fraction of sp³-hybridized carbons (Fsp3) is 0.419. The van der Waals surface area contributed by atoms with Crippen LogP contribution in [0.4, 0.5) is 0 Å². The van der Waals surface area contributed by atoms with Gasteiger partial charge in [-0.2, -0.15) is 0 Å². The Bertz CT molecular complexity index is 1160. The third-order valence-electron chi connectivity index (χ3n) is 7.32. The van der Waals surface area contributed by atoms with Crippen molar-refractivity contribution >= 4 is 0 Å². The molecule has 0 amide bonds. The zero-order valence-corrected chi connectivity index (χ0v) is 22.9. The number of rotatable bonds is 9. The molecule has 2 fully saturated rings. The van der Waals surface area contributed by atoms with Crippen LogP contribution in [-0.4, -0.2) is 69.5 Å². The molecule has 8 nitrogen and oxygen atoms in total. The van der Waals surface area contributed by atoms with Crippen LogP contribution in [-0.2, 0) is 29.3 Å². The summed E-state index contributed by atoms with van der Waals surface area (Å²) in [6.45, 7) is 3.77. The van der Waals surface area contributed by atoms with Gasteiger partial charge in [0.2, 0.25) is 0 Å². The van der Waals surface area contributed by atoms with Crippen LogP contribution in [0, 0.1) is 0 Å². The van der Waals surface area contributed by atoms with E-state index in [-0.39, 0.29) is 6.61 Å². The summed E-state index contributed by atoms with van der Waals surface area (Å²) in [5.41, 5.74) is 1.71. The Morgan fingerprint density at radius 2 is 1.26 bits per heavy atom. The van der Waals surface area contributed by atoms with Gasteiger partial charge in [-0.25, -0.2) is 0 Å². The first-order chi connectivity index (χ1) is 18.8.